The number of rotatable bonds is 5. The van der Waals surface area contributed by atoms with Crippen LogP contribution >= 0.6 is 11.3 Å². The average molecular weight is 476 g/mol. The highest BCUT2D eigenvalue weighted by atomic mass is 32.1. The summed E-state index contributed by atoms with van der Waals surface area (Å²) in [5, 5.41) is 8.25. The van der Waals surface area contributed by atoms with Crippen LogP contribution < -0.4 is 9.47 Å². The summed E-state index contributed by atoms with van der Waals surface area (Å²) in [7, 11) is 3.41. The van der Waals surface area contributed by atoms with Gasteiger partial charge in [0.05, 0.1) is 20.8 Å². The van der Waals surface area contributed by atoms with Crippen molar-refractivity contribution in [2.75, 3.05) is 33.9 Å². The van der Waals surface area contributed by atoms with E-state index in [9.17, 15) is 0 Å². The molecule has 3 saturated heterocycles. The van der Waals surface area contributed by atoms with E-state index in [2.05, 4.69) is 45.5 Å². The van der Waals surface area contributed by atoms with Crippen LogP contribution in [0.3, 0.4) is 0 Å². The second-order valence-corrected chi connectivity index (χ2v) is 11.1. The number of fused-ring (bicyclic) bond motifs is 1. The quantitative estimate of drug-likeness (QED) is 0.532. The van der Waals surface area contributed by atoms with E-state index in [0.717, 1.165) is 47.5 Å². The van der Waals surface area contributed by atoms with Crippen molar-refractivity contribution in [3.8, 4) is 11.5 Å². The third-order valence-electron chi connectivity index (χ3n) is 8.37. The minimum Gasteiger partial charge on any atom is -0.497 e. The van der Waals surface area contributed by atoms with Gasteiger partial charge in [-0.1, -0.05) is 17.3 Å². The summed E-state index contributed by atoms with van der Waals surface area (Å²) in [5.41, 5.74) is 1.85. The molecule has 2 unspecified atom stereocenters. The highest BCUT2D eigenvalue weighted by Crippen LogP contribution is 2.55. The normalized spacial score (nSPS) is 31.2. The molecule has 2 aromatic carbocycles. The van der Waals surface area contributed by atoms with Gasteiger partial charge in [-0.2, -0.15) is 0 Å². The van der Waals surface area contributed by atoms with Crippen LogP contribution in [0.4, 0.5) is 0 Å². The lowest BCUT2D eigenvalue weighted by atomic mass is 9.62. The van der Waals surface area contributed by atoms with E-state index in [-0.39, 0.29) is 0 Å². The molecule has 0 N–H and O–H groups in total. The van der Waals surface area contributed by atoms with E-state index < -0.39 is 5.72 Å². The second-order valence-electron chi connectivity index (χ2n) is 10.1. The number of amidine groups is 1. The van der Waals surface area contributed by atoms with Gasteiger partial charge in [-0.05, 0) is 53.8 Å². The molecule has 5 aliphatic rings. The molecule has 34 heavy (non-hydrogen) atoms. The van der Waals surface area contributed by atoms with Crippen molar-refractivity contribution in [1.82, 2.24) is 9.80 Å². The lowest BCUT2D eigenvalue weighted by Gasteiger charge is -2.61. The largest absolute Gasteiger partial charge is 0.497 e. The van der Waals surface area contributed by atoms with E-state index in [4.69, 9.17) is 19.5 Å². The maximum absolute atomic E-state index is 6.61. The molecule has 5 heterocycles. The summed E-state index contributed by atoms with van der Waals surface area (Å²) in [6.07, 6.45) is 2.44. The Morgan fingerprint density at radius 3 is 2.65 bits per heavy atom. The van der Waals surface area contributed by atoms with Crippen molar-refractivity contribution < 1.29 is 14.3 Å². The average Bonchev–Trinajstić information content (AvgIpc) is 3.47. The number of ether oxygens (including phenoxy) is 2. The molecule has 6 nitrogen and oxygen atoms in total. The number of thiophene rings is 1. The van der Waals surface area contributed by atoms with Gasteiger partial charge in [-0.25, -0.2) is 0 Å². The van der Waals surface area contributed by atoms with Crippen molar-refractivity contribution in [3.63, 3.8) is 0 Å². The van der Waals surface area contributed by atoms with Crippen molar-refractivity contribution in [2.24, 2.45) is 22.9 Å². The van der Waals surface area contributed by atoms with Crippen molar-refractivity contribution >= 4 is 27.3 Å². The molecule has 176 valence electrons. The third-order valence-corrected chi connectivity index (χ3v) is 9.25. The Hall–Kier alpha value is -2.77. The Morgan fingerprint density at radius 1 is 1.03 bits per heavy atom. The van der Waals surface area contributed by atoms with Gasteiger partial charge >= 0.3 is 0 Å². The van der Waals surface area contributed by atoms with Crippen molar-refractivity contribution in [2.45, 2.75) is 25.1 Å². The Kier molecular flexibility index (Phi) is 4.61. The monoisotopic (exact) mass is 475 g/mol. The SMILES string of the molecule is COc1ccc(CN2C(c3ccc4ccsc4c3)=NOC23C2CC4CC3CN(C4)C2)c(OC)c1. The Bertz CT molecular complexity index is 1260. The van der Waals surface area contributed by atoms with Crippen LogP contribution in [-0.4, -0.2) is 55.2 Å². The van der Waals surface area contributed by atoms with E-state index in [1.807, 2.05) is 12.1 Å². The summed E-state index contributed by atoms with van der Waals surface area (Å²) in [5.74, 6) is 4.27. The standard InChI is InChI=1S/C27H29N3O3S/c1-31-23-6-5-20(24(12-23)32-2)14-30-26(19-4-3-18-7-8-34-25(18)11-19)28-33-27(30)21-9-17-10-22(27)16-29(13-17)15-21/h3-8,11-12,17,21-22H,9-10,13-16H2,1-2H3. The van der Waals surface area contributed by atoms with Gasteiger partial charge in [-0.15, -0.1) is 11.3 Å². The lowest BCUT2D eigenvalue weighted by Crippen LogP contribution is -2.71. The van der Waals surface area contributed by atoms with Crippen LogP contribution in [0.2, 0.25) is 0 Å². The maximum Gasteiger partial charge on any atom is 0.219 e. The first-order valence-corrected chi connectivity index (χ1v) is 13.0. The number of piperidine rings is 3. The molecule has 8 rings (SSSR count). The molecular formula is C27H29N3O3S. The van der Waals surface area contributed by atoms with Crippen LogP contribution in [0.15, 0.2) is 53.0 Å². The van der Waals surface area contributed by atoms with Crippen LogP contribution in [0.1, 0.15) is 24.0 Å². The zero-order chi connectivity index (χ0) is 22.9. The van der Waals surface area contributed by atoms with Gasteiger partial charge in [0, 0.05) is 53.4 Å². The van der Waals surface area contributed by atoms with Gasteiger partial charge in [-0.3, -0.25) is 0 Å². The molecule has 2 atom stereocenters. The first-order chi connectivity index (χ1) is 16.7. The van der Waals surface area contributed by atoms with Crippen LogP contribution in [0, 0.1) is 17.8 Å². The van der Waals surface area contributed by atoms with E-state index in [1.165, 1.54) is 29.5 Å². The van der Waals surface area contributed by atoms with E-state index >= 15 is 0 Å². The molecule has 1 aliphatic carbocycles. The summed E-state index contributed by atoms with van der Waals surface area (Å²) < 4.78 is 12.5. The summed E-state index contributed by atoms with van der Waals surface area (Å²) >= 11 is 1.77. The zero-order valence-corrected chi connectivity index (χ0v) is 20.4. The van der Waals surface area contributed by atoms with Crippen LogP contribution in [0.5, 0.6) is 11.5 Å². The fraction of sp³-hybridized carbons (Fsp3) is 0.444. The van der Waals surface area contributed by atoms with Crippen LogP contribution in [-0.2, 0) is 11.4 Å². The molecule has 4 aliphatic heterocycles. The minimum absolute atomic E-state index is 0.391. The van der Waals surface area contributed by atoms with Gasteiger partial charge in [0.1, 0.15) is 11.5 Å². The van der Waals surface area contributed by atoms with Gasteiger partial charge in [0.2, 0.25) is 5.72 Å². The molecule has 0 amide bonds. The number of hydrogen-bond donors (Lipinski definition) is 0. The molecule has 3 aromatic rings. The second kappa shape index (κ2) is 7.62. The number of nitrogens with zero attached hydrogens (tertiary/aromatic N) is 3. The molecule has 1 aromatic heterocycles. The molecule has 0 radical (unpaired) electrons. The summed E-state index contributed by atoms with van der Waals surface area (Å²) in [6.45, 7) is 4.12. The maximum atomic E-state index is 6.61. The van der Waals surface area contributed by atoms with Gasteiger partial charge in [0.15, 0.2) is 5.84 Å². The first-order valence-electron chi connectivity index (χ1n) is 12.1. The molecule has 4 bridgehead atoms. The Labute approximate surface area is 203 Å². The first kappa shape index (κ1) is 20.6. The molecule has 7 heteroatoms. The summed E-state index contributed by atoms with van der Waals surface area (Å²) in [4.78, 5) is 11.7. The van der Waals surface area contributed by atoms with Crippen molar-refractivity contribution in [3.05, 3.63) is 59.0 Å². The highest BCUT2D eigenvalue weighted by molar-refractivity contribution is 7.17. The molecule has 1 saturated carbocycles. The smallest absolute Gasteiger partial charge is 0.219 e. The third kappa shape index (κ3) is 2.93. The zero-order valence-electron chi connectivity index (χ0n) is 19.6. The van der Waals surface area contributed by atoms with Crippen molar-refractivity contribution in [1.29, 1.82) is 0 Å². The number of hydrogen-bond acceptors (Lipinski definition) is 7. The van der Waals surface area contributed by atoms with Gasteiger partial charge < -0.3 is 24.1 Å². The number of oxime groups is 1. The molecule has 1 spiro atoms. The van der Waals surface area contributed by atoms with E-state index in [0.29, 0.717) is 18.4 Å². The summed E-state index contributed by atoms with van der Waals surface area (Å²) in [6, 6.07) is 14.9. The van der Waals surface area contributed by atoms with Crippen LogP contribution in [0.25, 0.3) is 10.1 Å². The minimum atomic E-state index is -0.391. The lowest BCUT2D eigenvalue weighted by molar-refractivity contribution is -0.251. The topological polar surface area (TPSA) is 46.5 Å². The predicted molar refractivity (Wildman–Crippen MR) is 133 cm³/mol. The number of methoxy groups -OCH3 is 2. The predicted octanol–water partition coefficient (Wildman–Crippen LogP) is 4.78. The Morgan fingerprint density at radius 2 is 1.88 bits per heavy atom. The van der Waals surface area contributed by atoms with Gasteiger partial charge in [0.25, 0.3) is 0 Å². The fourth-order valence-corrected chi connectivity index (χ4v) is 7.80. The molecule has 4 fully saturated rings. The van der Waals surface area contributed by atoms with E-state index in [1.54, 1.807) is 25.6 Å². The fourth-order valence-electron chi connectivity index (χ4n) is 6.97. The molecular weight excluding hydrogens is 446 g/mol. The highest BCUT2D eigenvalue weighted by Gasteiger charge is 2.64. The Balaban J connectivity index is 1.33. The number of benzene rings is 2.